The number of aromatic hydroxyl groups is 1. The normalized spacial score (nSPS) is 10.8. The van der Waals surface area contributed by atoms with Crippen molar-refractivity contribution in [2.75, 3.05) is 12.8 Å². The third-order valence-corrected chi connectivity index (χ3v) is 4.67. The Morgan fingerprint density at radius 1 is 1.21 bits per heavy atom. The Hall–Kier alpha value is -4.12. The van der Waals surface area contributed by atoms with Crippen LogP contribution < -0.4 is 10.5 Å². The summed E-state index contributed by atoms with van der Waals surface area (Å²) in [5.41, 5.74) is 9.13. The predicted molar refractivity (Wildman–Crippen MR) is 106 cm³/mol. The van der Waals surface area contributed by atoms with Crippen molar-refractivity contribution in [2.45, 2.75) is 6.92 Å². The number of nitriles is 1. The minimum Gasteiger partial charge on any atom is -0.504 e. The number of phenols is 1. The molecule has 2 aromatic carbocycles. The van der Waals surface area contributed by atoms with E-state index in [1.165, 1.54) is 25.3 Å². The number of ether oxygens (including phenoxy) is 1. The number of phenolic OH excluding ortho intramolecular Hbond substituents is 1. The Bertz CT molecular complexity index is 1290. The fourth-order valence-electron chi connectivity index (χ4n) is 3.33. The predicted octanol–water partition coefficient (Wildman–Crippen LogP) is 3.70. The van der Waals surface area contributed by atoms with Gasteiger partial charge in [0.1, 0.15) is 23.3 Å². The summed E-state index contributed by atoms with van der Waals surface area (Å²) in [6, 6.07) is 12.7. The number of aromatic nitrogens is 3. The first kappa shape index (κ1) is 18.3. The summed E-state index contributed by atoms with van der Waals surface area (Å²) in [7, 11) is 1.44. The second-order valence-corrected chi connectivity index (χ2v) is 6.42. The molecule has 0 fully saturated rings. The summed E-state index contributed by atoms with van der Waals surface area (Å²) < 4.78 is 20.1. The van der Waals surface area contributed by atoms with Gasteiger partial charge in [-0.15, -0.1) is 0 Å². The van der Waals surface area contributed by atoms with E-state index in [4.69, 9.17) is 10.5 Å². The molecule has 3 N–H and O–H groups in total. The summed E-state index contributed by atoms with van der Waals surface area (Å²) >= 11 is 0. The zero-order valence-electron chi connectivity index (χ0n) is 15.6. The van der Waals surface area contributed by atoms with Crippen molar-refractivity contribution in [3.63, 3.8) is 0 Å². The van der Waals surface area contributed by atoms with Gasteiger partial charge < -0.3 is 15.6 Å². The van der Waals surface area contributed by atoms with Crippen LogP contribution in [0.3, 0.4) is 0 Å². The van der Waals surface area contributed by atoms with E-state index in [0.717, 1.165) is 0 Å². The quantitative estimate of drug-likeness (QED) is 0.553. The number of nitrogens with two attached hydrogens (primary N) is 1. The number of hydrogen-bond acceptors (Lipinski definition) is 6. The lowest BCUT2D eigenvalue weighted by atomic mass is 9.96. The summed E-state index contributed by atoms with van der Waals surface area (Å²) in [5.74, 6) is -0.0754. The van der Waals surface area contributed by atoms with Gasteiger partial charge in [0.25, 0.3) is 0 Å². The Kier molecular flexibility index (Phi) is 4.28. The van der Waals surface area contributed by atoms with E-state index < -0.39 is 0 Å². The van der Waals surface area contributed by atoms with Gasteiger partial charge in [0.15, 0.2) is 17.1 Å². The van der Waals surface area contributed by atoms with Gasteiger partial charge >= 0.3 is 0 Å². The fourth-order valence-corrected chi connectivity index (χ4v) is 3.33. The van der Waals surface area contributed by atoms with E-state index in [2.05, 4.69) is 16.2 Å². The smallest absolute Gasteiger partial charge is 0.166 e. The number of benzene rings is 2. The molecular formula is C21H16FN5O2. The molecule has 144 valence electrons. The number of halogens is 1. The minimum atomic E-state index is -0.363. The van der Waals surface area contributed by atoms with Crippen LogP contribution in [0.4, 0.5) is 10.2 Å². The van der Waals surface area contributed by atoms with Crippen molar-refractivity contribution in [2.24, 2.45) is 0 Å². The Balaban J connectivity index is 2.09. The molecule has 4 aromatic rings. The van der Waals surface area contributed by atoms with Crippen molar-refractivity contribution in [3.05, 3.63) is 59.5 Å². The SMILES string of the molecule is COc1cc(-c2c(C#N)c(N)nc3c2c(C)nn3-c2ccc(F)cc2)ccc1O. The molecule has 0 saturated carbocycles. The lowest BCUT2D eigenvalue weighted by Gasteiger charge is -2.12. The maximum Gasteiger partial charge on any atom is 0.166 e. The Morgan fingerprint density at radius 2 is 1.93 bits per heavy atom. The fraction of sp³-hybridized carbons (Fsp3) is 0.0952. The summed E-state index contributed by atoms with van der Waals surface area (Å²) in [6.07, 6.45) is 0. The first-order chi connectivity index (χ1) is 13.9. The van der Waals surface area contributed by atoms with Gasteiger partial charge in [-0.05, 0) is 48.9 Å². The number of pyridine rings is 1. The second kappa shape index (κ2) is 6.80. The lowest BCUT2D eigenvalue weighted by Crippen LogP contribution is -2.03. The van der Waals surface area contributed by atoms with Gasteiger partial charge in [0.05, 0.1) is 23.9 Å². The Labute approximate surface area is 165 Å². The molecule has 0 aliphatic heterocycles. The number of nitrogens with zero attached hydrogens (tertiary/aromatic N) is 4. The number of rotatable bonds is 3. The zero-order valence-corrected chi connectivity index (χ0v) is 15.6. The third kappa shape index (κ3) is 2.89. The zero-order chi connectivity index (χ0) is 20.7. The van der Waals surface area contributed by atoms with Gasteiger partial charge in [-0.25, -0.2) is 14.1 Å². The van der Waals surface area contributed by atoms with Crippen LogP contribution >= 0.6 is 0 Å². The van der Waals surface area contributed by atoms with Crippen molar-refractivity contribution in [3.8, 4) is 34.4 Å². The van der Waals surface area contributed by atoms with Crippen molar-refractivity contribution >= 4 is 16.9 Å². The number of fused-ring (bicyclic) bond motifs is 1. The molecule has 0 bridgehead atoms. The molecule has 0 spiro atoms. The van der Waals surface area contributed by atoms with Crippen LogP contribution in [-0.4, -0.2) is 27.0 Å². The van der Waals surface area contributed by atoms with Gasteiger partial charge in [0.2, 0.25) is 0 Å². The molecule has 2 heterocycles. The minimum absolute atomic E-state index is 0.0215. The average Bonchev–Trinajstić information content (AvgIpc) is 3.04. The molecule has 0 atom stereocenters. The van der Waals surface area contributed by atoms with E-state index in [1.807, 2.05) is 0 Å². The maximum atomic E-state index is 13.3. The lowest BCUT2D eigenvalue weighted by molar-refractivity contribution is 0.373. The highest BCUT2D eigenvalue weighted by Crippen LogP contribution is 2.39. The van der Waals surface area contributed by atoms with Crippen LogP contribution in [0.25, 0.3) is 27.8 Å². The first-order valence-corrected chi connectivity index (χ1v) is 8.66. The van der Waals surface area contributed by atoms with Crippen molar-refractivity contribution in [1.82, 2.24) is 14.8 Å². The molecule has 0 amide bonds. The largest absolute Gasteiger partial charge is 0.504 e. The van der Waals surface area contributed by atoms with Gasteiger partial charge in [-0.2, -0.15) is 10.4 Å². The third-order valence-electron chi connectivity index (χ3n) is 4.67. The molecule has 0 saturated heterocycles. The van der Waals surface area contributed by atoms with E-state index in [9.17, 15) is 14.8 Å². The molecule has 2 aromatic heterocycles. The molecule has 0 aliphatic rings. The van der Waals surface area contributed by atoms with Crippen LogP contribution in [0, 0.1) is 24.1 Å². The van der Waals surface area contributed by atoms with Gasteiger partial charge in [0, 0.05) is 5.56 Å². The Morgan fingerprint density at radius 3 is 2.59 bits per heavy atom. The highest BCUT2D eigenvalue weighted by molar-refractivity contribution is 6.00. The molecule has 8 heteroatoms. The van der Waals surface area contributed by atoms with Crippen LogP contribution in [0.2, 0.25) is 0 Å². The maximum absolute atomic E-state index is 13.3. The van der Waals surface area contributed by atoms with Gasteiger partial charge in [-0.3, -0.25) is 0 Å². The van der Waals surface area contributed by atoms with Crippen LogP contribution in [0.15, 0.2) is 42.5 Å². The summed E-state index contributed by atoms with van der Waals surface area (Å²) in [5, 5.41) is 24.8. The number of methoxy groups -OCH3 is 1. The molecule has 7 nitrogen and oxygen atoms in total. The van der Waals surface area contributed by atoms with E-state index >= 15 is 0 Å². The number of nitrogen functional groups attached to an aromatic ring is 1. The van der Waals surface area contributed by atoms with Crippen LogP contribution in [-0.2, 0) is 0 Å². The molecular weight excluding hydrogens is 373 g/mol. The molecule has 4 rings (SSSR count). The first-order valence-electron chi connectivity index (χ1n) is 8.66. The van der Waals surface area contributed by atoms with E-state index in [-0.39, 0.29) is 28.7 Å². The standard InChI is InChI=1S/C21H16FN5O2/c1-11-18-19(12-3-8-16(28)17(9-12)29-2)15(10-23)20(24)25-21(18)27(26-11)14-6-4-13(22)5-7-14/h3-9,28H,1-2H3,(H2,24,25). The molecule has 29 heavy (non-hydrogen) atoms. The highest BCUT2D eigenvalue weighted by Gasteiger charge is 2.22. The topological polar surface area (TPSA) is 110 Å². The van der Waals surface area contributed by atoms with Crippen LogP contribution in [0.1, 0.15) is 11.3 Å². The number of hydrogen-bond donors (Lipinski definition) is 2. The van der Waals surface area contributed by atoms with Crippen molar-refractivity contribution < 1.29 is 14.2 Å². The summed E-state index contributed by atoms with van der Waals surface area (Å²) in [6.45, 7) is 1.79. The van der Waals surface area contributed by atoms with Crippen molar-refractivity contribution in [1.29, 1.82) is 5.26 Å². The monoisotopic (exact) mass is 389 g/mol. The second-order valence-electron chi connectivity index (χ2n) is 6.42. The number of anilines is 1. The van der Waals surface area contributed by atoms with E-state index in [0.29, 0.717) is 33.5 Å². The average molecular weight is 389 g/mol. The highest BCUT2D eigenvalue weighted by atomic mass is 19.1. The molecule has 0 radical (unpaired) electrons. The van der Waals surface area contributed by atoms with Gasteiger partial charge in [-0.1, -0.05) is 6.07 Å². The van der Waals surface area contributed by atoms with Crippen LogP contribution in [0.5, 0.6) is 11.5 Å². The van der Waals surface area contributed by atoms with E-state index in [1.54, 1.807) is 35.9 Å². The molecule has 0 aliphatic carbocycles. The molecule has 0 unspecified atom stereocenters. The summed E-state index contributed by atoms with van der Waals surface area (Å²) in [4.78, 5) is 4.39. The number of aryl methyl sites for hydroxylation is 1.